The van der Waals surface area contributed by atoms with Gasteiger partial charge in [0.25, 0.3) is 0 Å². The fraction of sp³-hybridized carbons (Fsp3) is 0. The zero-order chi connectivity index (χ0) is 13.0. The van der Waals surface area contributed by atoms with Crippen molar-refractivity contribution in [3.8, 4) is 6.07 Å². The molecule has 1 aromatic carbocycles. The van der Waals surface area contributed by atoms with Gasteiger partial charge in [-0.15, -0.1) is 0 Å². The Morgan fingerprint density at radius 1 is 1.33 bits per heavy atom. The van der Waals surface area contributed by atoms with Crippen LogP contribution in [0.25, 0.3) is 5.57 Å². The highest BCUT2D eigenvalue weighted by Gasteiger charge is 2.10. The van der Waals surface area contributed by atoms with Crippen molar-refractivity contribution >= 4 is 11.5 Å². The topological polar surface area (TPSA) is 74.2 Å². The molecule has 18 heavy (non-hydrogen) atoms. The van der Waals surface area contributed by atoms with Gasteiger partial charge in [-0.1, -0.05) is 12.1 Å². The smallest absolute Gasteiger partial charge is 0.329 e. The Balaban J connectivity index is 2.54. The van der Waals surface area contributed by atoms with E-state index in [-0.39, 0.29) is 0 Å². The first-order valence-electron chi connectivity index (χ1n) is 5.20. The van der Waals surface area contributed by atoms with Crippen molar-refractivity contribution in [2.75, 3.05) is 0 Å². The first-order valence-corrected chi connectivity index (χ1v) is 5.20. The SMILES string of the molecule is N#Cc1cccc(C(=CC(=O)O)c2ccco2)c1. The van der Waals surface area contributed by atoms with Gasteiger partial charge in [-0.25, -0.2) is 4.79 Å². The third-order valence-corrected chi connectivity index (χ3v) is 2.36. The molecule has 2 rings (SSSR count). The van der Waals surface area contributed by atoms with Crippen molar-refractivity contribution in [3.05, 3.63) is 65.6 Å². The Kier molecular flexibility index (Phi) is 3.26. The van der Waals surface area contributed by atoms with Gasteiger partial charge < -0.3 is 9.52 Å². The molecule has 0 radical (unpaired) electrons. The average molecular weight is 239 g/mol. The number of carbonyl (C=O) groups is 1. The lowest BCUT2D eigenvalue weighted by Gasteiger charge is -2.04. The number of carboxylic acid groups (broad SMARTS) is 1. The maximum absolute atomic E-state index is 10.8. The molecule has 0 aliphatic rings. The summed E-state index contributed by atoms with van der Waals surface area (Å²) >= 11 is 0. The van der Waals surface area contributed by atoms with Gasteiger partial charge in [0, 0.05) is 11.6 Å². The van der Waals surface area contributed by atoms with Crippen LogP contribution >= 0.6 is 0 Å². The lowest BCUT2D eigenvalue weighted by Crippen LogP contribution is -1.94. The van der Waals surface area contributed by atoms with Crippen LogP contribution in [0.5, 0.6) is 0 Å². The summed E-state index contributed by atoms with van der Waals surface area (Å²) in [5.41, 5.74) is 1.53. The molecule has 0 fully saturated rings. The first-order chi connectivity index (χ1) is 8.70. The predicted molar refractivity (Wildman–Crippen MR) is 64.6 cm³/mol. The minimum atomic E-state index is -1.07. The maximum Gasteiger partial charge on any atom is 0.329 e. The van der Waals surface area contributed by atoms with Crippen LogP contribution in [0, 0.1) is 11.3 Å². The first kappa shape index (κ1) is 11.7. The van der Waals surface area contributed by atoms with Gasteiger partial charge in [-0.2, -0.15) is 5.26 Å². The van der Waals surface area contributed by atoms with E-state index >= 15 is 0 Å². The van der Waals surface area contributed by atoms with E-state index in [0.717, 1.165) is 6.08 Å². The fourth-order valence-corrected chi connectivity index (χ4v) is 1.61. The Morgan fingerprint density at radius 3 is 2.78 bits per heavy atom. The number of nitrogens with zero attached hydrogens (tertiary/aromatic N) is 1. The van der Waals surface area contributed by atoms with Gasteiger partial charge in [0.05, 0.1) is 17.9 Å². The third-order valence-electron chi connectivity index (χ3n) is 2.36. The van der Waals surface area contributed by atoms with E-state index in [1.54, 1.807) is 36.4 Å². The van der Waals surface area contributed by atoms with E-state index in [1.165, 1.54) is 6.26 Å². The number of carboxylic acids is 1. The maximum atomic E-state index is 10.8. The lowest BCUT2D eigenvalue weighted by atomic mass is 10.0. The summed E-state index contributed by atoms with van der Waals surface area (Å²) in [7, 11) is 0. The molecule has 1 heterocycles. The Hall–Kier alpha value is -2.80. The third kappa shape index (κ3) is 2.47. The van der Waals surface area contributed by atoms with Gasteiger partial charge >= 0.3 is 5.97 Å². The van der Waals surface area contributed by atoms with Crippen LogP contribution in [-0.4, -0.2) is 11.1 Å². The Labute approximate surface area is 103 Å². The van der Waals surface area contributed by atoms with E-state index < -0.39 is 5.97 Å². The molecule has 2 aromatic rings. The van der Waals surface area contributed by atoms with E-state index in [1.807, 2.05) is 6.07 Å². The number of rotatable bonds is 3. The van der Waals surface area contributed by atoms with E-state index in [9.17, 15) is 4.79 Å². The van der Waals surface area contributed by atoms with Gasteiger partial charge in [-0.05, 0) is 29.8 Å². The van der Waals surface area contributed by atoms with Crippen molar-refractivity contribution < 1.29 is 14.3 Å². The van der Waals surface area contributed by atoms with Crippen molar-refractivity contribution in [1.29, 1.82) is 5.26 Å². The Morgan fingerprint density at radius 2 is 2.17 bits per heavy atom. The molecule has 4 heteroatoms. The fourth-order valence-electron chi connectivity index (χ4n) is 1.61. The van der Waals surface area contributed by atoms with Crippen molar-refractivity contribution in [1.82, 2.24) is 0 Å². The molecule has 0 atom stereocenters. The zero-order valence-electron chi connectivity index (χ0n) is 9.33. The molecule has 1 N–H and O–H groups in total. The van der Waals surface area contributed by atoms with Gasteiger partial charge in [0.2, 0.25) is 0 Å². The van der Waals surface area contributed by atoms with Crippen LogP contribution in [0.2, 0.25) is 0 Å². The number of furan rings is 1. The summed E-state index contributed by atoms with van der Waals surface area (Å²) in [5, 5.41) is 17.7. The van der Waals surface area contributed by atoms with Gasteiger partial charge in [0.1, 0.15) is 5.76 Å². The van der Waals surface area contributed by atoms with Crippen LogP contribution in [0.3, 0.4) is 0 Å². The number of hydrogen-bond acceptors (Lipinski definition) is 3. The molecule has 88 valence electrons. The normalized spacial score (nSPS) is 10.9. The van der Waals surface area contributed by atoms with Crippen LogP contribution in [-0.2, 0) is 4.79 Å². The van der Waals surface area contributed by atoms with E-state index in [2.05, 4.69) is 0 Å². The monoisotopic (exact) mass is 239 g/mol. The minimum Gasteiger partial charge on any atom is -0.478 e. The molecule has 1 aromatic heterocycles. The molecule has 0 amide bonds. The average Bonchev–Trinajstić information content (AvgIpc) is 2.89. The number of hydrogen-bond donors (Lipinski definition) is 1. The van der Waals surface area contributed by atoms with Crippen molar-refractivity contribution in [2.24, 2.45) is 0 Å². The summed E-state index contributed by atoms with van der Waals surface area (Å²) in [5.74, 6) is -0.615. The quantitative estimate of drug-likeness (QED) is 0.835. The molecule has 4 nitrogen and oxygen atoms in total. The molecule has 0 unspecified atom stereocenters. The summed E-state index contributed by atoms with van der Waals surface area (Å²) in [6, 6.07) is 12.1. The largest absolute Gasteiger partial charge is 0.478 e. The van der Waals surface area contributed by atoms with Crippen LogP contribution in [0.15, 0.2) is 53.2 Å². The van der Waals surface area contributed by atoms with Crippen molar-refractivity contribution in [3.63, 3.8) is 0 Å². The number of nitriles is 1. The van der Waals surface area contributed by atoms with E-state index in [4.69, 9.17) is 14.8 Å². The second kappa shape index (κ2) is 5.02. The highest BCUT2D eigenvalue weighted by Crippen LogP contribution is 2.24. The molecule has 0 aliphatic carbocycles. The molecule has 0 saturated heterocycles. The second-order valence-corrected chi connectivity index (χ2v) is 3.57. The predicted octanol–water partition coefficient (Wildman–Crippen LogP) is 2.67. The van der Waals surface area contributed by atoms with Gasteiger partial charge in [-0.3, -0.25) is 0 Å². The number of aliphatic carboxylic acids is 1. The zero-order valence-corrected chi connectivity index (χ0v) is 9.33. The molecule has 0 bridgehead atoms. The summed E-state index contributed by atoms with van der Waals surface area (Å²) < 4.78 is 5.21. The molecular weight excluding hydrogens is 230 g/mol. The summed E-state index contributed by atoms with van der Waals surface area (Å²) in [6.07, 6.45) is 2.54. The second-order valence-electron chi connectivity index (χ2n) is 3.57. The standard InChI is InChI=1S/C14H9NO3/c15-9-10-3-1-4-11(7-10)12(8-14(16)17)13-5-2-6-18-13/h1-8H,(H,16,17). The minimum absolute atomic E-state index is 0.435. The molecule has 0 spiro atoms. The van der Waals surface area contributed by atoms with Gasteiger partial charge in [0.15, 0.2) is 0 Å². The molecule has 0 aliphatic heterocycles. The van der Waals surface area contributed by atoms with Crippen LogP contribution in [0.1, 0.15) is 16.9 Å². The van der Waals surface area contributed by atoms with Crippen LogP contribution < -0.4 is 0 Å². The summed E-state index contributed by atoms with van der Waals surface area (Å²) in [4.78, 5) is 10.8. The Bertz CT molecular complexity index is 633. The van der Waals surface area contributed by atoms with Crippen LogP contribution in [0.4, 0.5) is 0 Å². The highest BCUT2D eigenvalue weighted by molar-refractivity contribution is 5.94. The number of benzene rings is 1. The van der Waals surface area contributed by atoms with Crippen molar-refractivity contribution in [2.45, 2.75) is 0 Å². The molecular formula is C14H9NO3. The van der Waals surface area contributed by atoms with E-state index in [0.29, 0.717) is 22.5 Å². The lowest BCUT2D eigenvalue weighted by molar-refractivity contribution is -0.131. The molecule has 0 saturated carbocycles. The highest BCUT2D eigenvalue weighted by atomic mass is 16.4. The summed E-state index contributed by atoms with van der Waals surface area (Å²) in [6.45, 7) is 0.